The van der Waals surface area contributed by atoms with Crippen molar-refractivity contribution in [1.82, 2.24) is 4.31 Å². The van der Waals surface area contributed by atoms with Gasteiger partial charge in [-0.05, 0) is 62.9 Å². The molecule has 0 unspecified atom stereocenters. The summed E-state index contributed by atoms with van der Waals surface area (Å²) >= 11 is 1.35. The molecule has 1 amide bonds. The van der Waals surface area contributed by atoms with Crippen LogP contribution in [0.5, 0.6) is 0 Å². The number of nitrogens with zero attached hydrogens (tertiary/aromatic N) is 1. The molecule has 3 rings (SSSR count). The predicted octanol–water partition coefficient (Wildman–Crippen LogP) is 3.97. The second kappa shape index (κ2) is 10.1. The lowest BCUT2D eigenvalue weighted by Gasteiger charge is -2.30. The molecule has 32 heavy (non-hydrogen) atoms. The smallest absolute Gasteiger partial charge is 0.341 e. The van der Waals surface area contributed by atoms with Crippen LogP contribution in [-0.4, -0.2) is 44.3 Å². The quantitative estimate of drug-likeness (QED) is 0.603. The van der Waals surface area contributed by atoms with Gasteiger partial charge in [0, 0.05) is 23.9 Å². The molecule has 0 spiro atoms. The third-order valence-corrected chi connectivity index (χ3v) is 8.53. The molecule has 1 fully saturated rings. The first-order valence-corrected chi connectivity index (χ1v) is 12.8. The molecular weight excluding hydrogens is 455 g/mol. The molecule has 1 aromatic carbocycles. The topological polar surface area (TPSA) is 92.8 Å². The van der Waals surface area contributed by atoms with E-state index in [1.54, 1.807) is 6.92 Å². The largest absolute Gasteiger partial charge is 0.462 e. The predicted molar refractivity (Wildman–Crippen MR) is 121 cm³/mol. The summed E-state index contributed by atoms with van der Waals surface area (Å²) in [5.41, 5.74) is 1.27. The fraction of sp³-hybridized carbons (Fsp3) is 0.455. The highest BCUT2D eigenvalue weighted by atomic mass is 32.2. The lowest BCUT2D eigenvalue weighted by molar-refractivity contribution is -0.120. The van der Waals surface area contributed by atoms with E-state index in [1.165, 1.54) is 27.8 Å². The number of hydrogen-bond donors (Lipinski definition) is 1. The number of halogens is 1. The summed E-state index contributed by atoms with van der Waals surface area (Å²) in [6, 6.07) is 4.71. The number of thiophene rings is 1. The molecule has 0 saturated carbocycles. The molecular formula is C22H27FN2O5S2. The van der Waals surface area contributed by atoms with Gasteiger partial charge in [0.25, 0.3) is 0 Å². The van der Waals surface area contributed by atoms with E-state index in [4.69, 9.17) is 4.74 Å². The standard InChI is InChI=1S/C22H27FN2O5S2/c1-4-18-14(3)31-21(19(18)22(27)30-5-2)24-20(26)15-10-12-25(13-11-15)32(28,29)17-8-6-16(23)7-9-17/h6-9,15H,4-5,10-13H2,1-3H3,(H,24,26). The van der Waals surface area contributed by atoms with E-state index in [0.717, 1.165) is 22.6 Å². The van der Waals surface area contributed by atoms with Crippen molar-refractivity contribution < 1.29 is 27.1 Å². The van der Waals surface area contributed by atoms with Gasteiger partial charge in [-0.1, -0.05) is 6.92 Å². The maximum atomic E-state index is 13.1. The van der Waals surface area contributed by atoms with Crippen LogP contribution in [0.2, 0.25) is 0 Å². The number of carbonyl (C=O) groups is 2. The average molecular weight is 483 g/mol. The minimum atomic E-state index is -3.74. The fourth-order valence-corrected chi connectivity index (χ4v) is 6.45. The van der Waals surface area contributed by atoms with E-state index in [0.29, 0.717) is 29.8 Å². The van der Waals surface area contributed by atoms with Gasteiger partial charge in [0.05, 0.1) is 17.1 Å². The molecule has 7 nitrogen and oxygen atoms in total. The summed E-state index contributed by atoms with van der Waals surface area (Å²) in [5.74, 6) is -1.57. The maximum absolute atomic E-state index is 13.1. The summed E-state index contributed by atoms with van der Waals surface area (Å²) in [7, 11) is -3.74. The highest BCUT2D eigenvalue weighted by Gasteiger charge is 2.33. The lowest BCUT2D eigenvalue weighted by atomic mass is 9.97. The number of hydrogen-bond acceptors (Lipinski definition) is 6. The van der Waals surface area contributed by atoms with Crippen LogP contribution in [0.4, 0.5) is 9.39 Å². The van der Waals surface area contributed by atoms with Gasteiger partial charge in [0.1, 0.15) is 10.8 Å². The van der Waals surface area contributed by atoms with Crippen molar-refractivity contribution in [2.45, 2.75) is 44.9 Å². The first kappa shape index (κ1) is 24.3. The monoisotopic (exact) mass is 482 g/mol. The first-order valence-electron chi connectivity index (χ1n) is 10.5. The van der Waals surface area contributed by atoms with Crippen LogP contribution in [0.15, 0.2) is 29.2 Å². The average Bonchev–Trinajstić information content (AvgIpc) is 3.09. The zero-order chi connectivity index (χ0) is 23.5. The molecule has 0 atom stereocenters. The summed E-state index contributed by atoms with van der Waals surface area (Å²) in [6.07, 6.45) is 1.35. The Hall–Kier alpha value is -2.30. The van der Waals surface area contributed by atoms with Crippen LogP contribution in [0, 0.1) is 18.7 Å². The molecule has 1 aromatic heterocycles. The van der Waals surface area contributed by atoms with Crippen LogP contribution >= 0.6 is 11.3 Å². The SMILES string of the molecule is CCOC(=O)c1c(NC(=O)C2CCN(S(=O)(=O)c3ccc(F)cc3)CC2)sc(C)c1CC. The molecule has 1 aliphatic heterocycles. The number of anilines is 1. The van der Waals surface area contributed by atoms with Gasteiger partial charge in [0.15, 0.2) is 0 Å². The number of benzene rings is 1. The summed E-state index contributed by atoms with van der Waals surface area (Å²) in [5, 5.41) is 3.35. The Kier molecular flexibility index (Phi) is 7.68. The minimum Gasteiger partial charge on any atom is -0.462 e. The third kappa shape index (κ3) is 5.02. The number of amides is 1. The molecule has 2 heterocycles. The number of aryl methyl sites for hydroxylation is 1. The number of carbonyl (C=O) groups excluding carboxylic acids is 2. The van der Waals surface area contributed by atoms with Crippen molar-refractivity contribution in [3.8, 4) is 0 Å². The van der Waals surface area contributed by atoms with Gasteiger partial charge in [-0.25, -0.2) is 17.6 Å². The Balaban J connectivity index is 1.69. The number of ether oxygens (including phenoxy) is 1. The number of rotatable bonds is 7. The highest BCUT2D eigenvalue weighted by molar-refractivity contribution is 7.89. The van der Waals surface area contributed by atoms with Crippen LogP contribution in [0.3, 0.4) is 0 Å². The molecule has 0 bridgehead atoms. The van der Waals surface area contributed by atoms with Gasteiger partial charge in [-0.2, -0.15) is 4.31 Å². The number of nitrogens with one attached hydrogen (secondary N) is 1. The number of sulfonamides is 1. The van der Waals surface area contributed by atoms with Crippen molar-refractivity contribution in [3.05, 3.63) is 46.1 Å². The minimum absolute atomic E-state index is 0.0297. The molecule has 0 radical (unpaired) electrons. The Morgan fingerprint density at radius 2 is 1.81 bits per heavy atom. The second-order valence-electron chi connectivity index (χ2n) is 7.54. The van der Waals surface area contributed by atoms with Crippen LogP contribution in [-0.2, 0) is 26.0 Å². The number of piperidine rings is 1. The maximum Gasteiger partial charge on any atom is 0.341 e. The summed E-state index contributed by atoms with van der Waals surface area (Å²) < 4.78 is 45.2. The molecule has 10 heteroatoms. The van der Waals surface area contributed by atoms with Crippen molar-refractivity contribution in [2.24, 2.45) is 5.92 Å². The van der Waals surface area contributed by atoms with Gasteiger partial charge < -0.3 is 10.1 Å². The molecule has 1 saturated heterocycles. The lowest BCUT2D eigenvalue weighted by Crippen LogP contribution is -2.41. The van der Waals surface area contributed by atoms with Crippen molar-refractivity contribution in [2.75, 3.05) is 25.0 Å². The van der Waals surface area contributed by atoms with E-state index in [2.05, 4.69) is 5.32 Å². The Morgan fingerprint density at radius 1 is 1.19 bits per heavy atom. The Morgan fingerprint density at radius 3 is 2.38 bits per heavy atom. The molecule has 1 N–H and O–H groups in total. The van der Waals surface area contributed by atoms with Gasteiger partial charge in [-0.15, -0.1) is 11.3 Å². The summed E-state index contributed by atoms with van der Waals surface area (Å²) in [4.78, 5) is 26.3. The normalized spacial score (nSPS) is 15.5. The molecule has 1 aliphatic rings. The van der Waals surface area contributed by atoms with Gasteiger partial charge >= 0.3 is 5.97 Å². The van der Waals surface area contributed by atoms with E-state index < -0.39 is 21.8 Å². The molecule has 0 aliphatic carbocycles. The third-order valence-electron chi connectivity index (χ3n) is 5.55. The van der Waals surface area contributed by atoms with Crippen LogP contribution in [0.1, 0.15) is 47.5 Å². The van der Waals surface area contributed by atoms with E-state index >= 15 is 0 Å². The summed E-state index contributed by atoms with van der Waals surface area (Å²) in [6.45, 7) is 6.19. The van der Waals surface area contributed by atoms with Crippen molar-refractivity contribution in [1.29, 1.82) is 0 Å². The van der Waals surface area contributed by atoms with Gasteiger partial charge in [-0.3, -0.25) is 4.79 Å². The first-order chi connectivity index (χ1) is 15.2. The van der Waals surface area contributed by atoms with Crippen molar-refractivity contribution >= 4 is 38.2 Å². The highest BCUT2D eigenvalue weighted by Crippen LogP contribution is 2.35. The zero-order valence-electron chi connectivity index (χ0n) is 18.3. The van der Waals surface area contributed by atoms with Gasteiger partial charge in [0.2, 0.25) is 15.9 Å². The fourth-order valence-electron chi connectivity index (χ4n) is 3.84. The Labute approximate surface area is 191 Å². The second-order valence-corrected chi connectivity index (χ2v) is 10.7. The Bertz CT molecular complexity index is 1090. The molecule has 174 valence electrons. The van der Waals surface area contributed by atoms with Crippen molar-refractivity contribution in [3.63, 3.8) is 0 Å². The van der Waals surface area contributed by atoms with E-state index in [1.807, 2.05) is 13.8 Å². The molecule has 2 aromatic rings. The van der Waals surface area contributed by atoms with Crippen LogP contribution in [0.25, 0.3) is 0 Å². The number of esters is 1. The van der Waals surface area contributed by atoms with Crippen LogP contribution < -0.4 is 5.32 Å². The van der Waals surface area contributed by atoms with E-state index in [-0.39, 0.29) is 36.4 Å². The zero-order valence-corrected chi connectivity index (χ0v) is 19.9. The van der Waals surface area contributed by atoms with E-state index in [9.17, 15) is 22.4 Å².